The normalized spacial score (nSPS) is 20.4. The Morgan fingerprint density at radius 3 is 3.15 bits per heavy atom. The van der Waals surface area contributed by atoms with E-state index in [-0.39, 0.29) is 12.8 Å². The van der Waals surface area contributed by atoms with Crippen LogP contribution in [0.1, 0.15) is 11.6 Å². The van der Waals surface area contributed by atoms with E-state index in [0.29, 0.717) is 42.2 Å². The first-order valence-corrected chi connectivity index (χ1v) is 6.73. The Kier molecular flexibility index (Phi) is 3.58. The second-order valence-corrected chi connectivity index (χ2v) is 5.04. The zero-order chi connectivity index (χ0) is 14.1. The number of hydrogen-bond acceptors (Lipinski definition) is 6. The first kappa shape index (κ1) is 13.3. The maximum Gasteiger partial charge on any atom is 0.231 e. The van der Waals surface area contributed by atoms with Crippen molar-refractivity contribution in [2.75, 3.05) is 33.6 Å². The van der Waals surface area contributed by atoms with E-state index in [4.69, 9.17) is 31.5 Å². The summed E-state index contributed by atoms with van der Waals surface area (Å²) in [6, 6.07) is 3.87. The molecule has 1 aromatic rings. The lowest BCUT2D eigenvalue weighted by molar-refractivity contribution is 0.166. The number of halogens is 1. The summed E-state index contributed by atoms with van der Waals surface area (Å²) in [7, 11) is 1.66. The van der Waals surface area contributed by atoms with E-state index in [2.05, 4.69) is 4.99 Å². The molecule has 2 aliphatic rings. The second-order valence-electron chi connectivity index (χ2n) is 4.64. The van der Waals surface area contributed by atoms with E-state index in [0.717, 1.165) is 5.56 Å². The summed E-state index contributed by atoms with van der Waals surface area (Å²) in [4.78, 5) is 6.31. The average molecular weight is 298 g/mol. The van der Waals surface area contributed by atoms with Crippen molar-refractivity contribution in [3.63, 3.8) is 0 Å². The van der Waals surface area contributed by atoms with Crippen molar-refractivity contribution in [1.82, 2.24) is 4.90 Å². The Morgan fingerprint density at radius 1 is 1.50 bits per heavy atom. The monoisotopic (exact) mass is 297 g/mol. The van der Waals surface area contributed by atoms with Crippen molar-refractivity contribution in [3.8, 4) is 11.5 Å². The molecule has 2 aliphatic heterocycles. The van der Waals surface area contributed by atoms with Crippen LogP contribution in [0.3, 0.4) is 0 Å². The summed E-state index contributed by atoms with van der Waals surface area (Å²) in [6.07, 6.45) is 0. The third-order valence-electron chi connectivity index (χ3n) is 3.47. The number of nitrogens with zero attached hydrogens (tertiary/aromatic N) is 2. The van der Waals surface area contributed by atoms with Crippen LogP contribution in [0, 0.1) is 0 Å². The van der Waals surface area contributed by atoms with Crippen LogP contribution in [0.5, 0.6) is 11.5 Å². The van der Waals surface area contributed by atoms with Crippen LogP contribution in [-0.2, 0) is 4.74 Å². The second kappa shape index (κ2) is 5.38. The van der Waals surface area contributed by atoms with Gasteiger partial charge in [-0.15, -0.1) is 0 Å². The molecule has 0 spiro atoms. The topological polar surface area (TPSA) is 69.3 Å². The van der Waals surface area contributed by atoms with Crippen LogP contribution in [0.4, 0.5) is 0 Å². The molecule has 3 rings (SSSR count). The Hall–Kier alpha value is -1.66. The molecule has 6 nitrogen and oxygen atoms in total. The number of fused-ring (bicyclic) bond motifs is 1. The van der Waals surface area contributed by atoms with Gasteiger partial charge >= 0.3 is 0 Å². The lowest BCUT2D eigenvalue weighted by atomic mass is 10.1. The van der Waals surface area contributed by atoms with Gasteiger partial charge < -0.3 is 24.8 Å². The summed E-state index contributed by atoms with van der Waals surface area (Å²) < 4.78 is 15.8. The molecule has 2 heterocycles. The van der Waals surface area contributed by atoms with E-state index < -0.39 is 0 Å². The standard InChI is InChI=1S/C13H16ClN3O3/c1-18-3-2-17-10(6-16-13(17)15)8-4-9(14)12-11(5-8)19-7-20-12/h4-5,10H,2-3,6-7H2,1H3,(H2,15,16). The maximum absolute atomic E-state index is 6.22. The third-order valence-corrected chi connectivity index (χ3v) is 3.75. The van der Waals surface area contributed by atoms with Crippen molar-refractivity contribution in [2.24, 2.45) is 10.7 Å². The van der Waals surface area contributed by atoms with E-state index in [1.807, 2.05) is 17.0 Å². The van der Waals surface area contributed by atoms with Crippen molar-refractivity contribution in [3.05, 3.63) is 22.7 Å². The molecular weight excluding hydrogens is 282 g/mol. The molecule has 20 heavy (non-hydrogen) atoms. The molecule has 0 amide bonds. The van der Waals surface area contributed by atoms with Gasteiger partial charge in [-0.1, -0.05) is 11.6 Å². The molecule has 1 aromatic carbocycles. The summed E-state index contributed by atoms with van der Waals surface area (Å²) in [5.41, 5.74) is 6.94. The highest BCUT2D eigenvalue weighted by Crippen LogP contribution is 2.42. The van der Waals surface area contributed by atoms with Crippen LogP contribution < -0.4 is 15.2 Å². The lowest BCUT2D eigenvalue weighted by Gasteiger charge is -2.26. The first-order chi connectivity index (χ1) is 9.70. The maximum atomic E-state index is 6.22. The average Bonchev–Trinajstić information content (AvgIpc) is 3.03. The number of benzene rings is 1. The van der Waals surface area contributed by atoms with Gasteiger partial charge in [0.25, 0.3) is 0 Å². The summed E-state index contributed by atoms with van der Waals surface area (Å²) in [5.74, 6) is 1.80. The highest BCUT2D eigenvalue weighted by Gasteiger charge is 2.29. The number of nitrogens with two attached hydrogens (primary N) is 1. The van der Waals surface area contributed by atoms with Gasteiger partial charge in [0.05, 0.1) is 24.2 Å². The number of guanidine groups is 1. The highest BCUT2D eigenvalue weighted by molar-refractivity contribution is 6.32. The molecule has 0 aromatic heterocycles. The summed E-state index contributed by atoms with van der Waals surface area (Å²) >= 11 is 6.22. The van der Waals surface area contributed by atoms with Gasteiger partial charge in [-0.3, -0.25) is 4.99 Å². The fraction of sp³-hybridized carbons (Fsp3) is 0.462. The molecule has 0 fully saturated rings. The zero-order valence-corrected chi connectivity index (χ0v) is 11.9. The minimum absolute atomic E-state index is 0.0529. The van der Waals surface area contributed by atoms with Crippen molar-refractivity contribution >= 4 is 17.6 Å². The molecule has 1 unspecified atom stereocenters. The molecule has 0 bridgehead atoms. The first-order valence-electron chi connectivity index (χ1n) is 6.35. The van der Waals surface area contributed by atoms with Gasteiger partial charge in [0.2, 0.25) is 6.79 Å². The van der Waals surface area contributed by atoms with Gasteiger partial charge in [0.1, 0.15) is 0 Å². The molecule has 1 atom stereocenters. The SMILES string of the molecule is COCCN1C(N)=NCC1c1cc(Cl)c2c(c1)OCO2. The number of aliphatic imine (C=N–C) groups is 1. The molecule has 2 N–H and O–H groups in total. The third kappa shape index (κ3) is 2.25. The zero-order valence-electron chi connectivity index (χ0n) is 11.1. The fourth-order valence-corrected chi connectivity index (χ4v) is 2.73. The number of hydrogen-bond donors (Lipinski definition) is 1. The summed E-state index contributed by atoms with van der Waals surface area (Å²) in [6.45, 7) is 2.08. The van der Waals surface area contributed by atoms with Crippen LogP contribution in [0.2, 0.25) is 5.02 Å². The molecule has 7 heteroatoms. The molecule has 0 saturated carbocycles. The number of ether oxygens (including phenoxy) is 3. The summed E-state index contributed by atoms with van der Waals surface area (Å²) in [5, 5.41) is 0.548. The molecule has 108 valence electrons. The van der Waals surface area contributed by atoms with Gasteiger partial charge in [0.15, 0.2) is 17.5 Å². The Labute approximate surface area is 122 Å². The predicted octanol–water partition coefficient (Wildman–Crippen LogP) is 1.39. The lowest BCUT2D eigenvalue weighted by Crippen LogP contribution is -2.38. The molecular formula is C13H16ClN3O3. The quantitative estimate of drug-likeness (QED) is 0.909. The van der Waals surface area contributed by atoms with Crippen molar-refractivity contribution in [1.29, 1.82) is 0 Å². The van der Waals surface area contributed by atoms with Crippen LogP contribution in [0.25, 0.3) is 0 Å². The molecule has 0 radical (unpaired) electrons. The minimum Gasteiger partial charge on any atom is -0.454 e. The Morgan fingerprint density at radius 2 is 2.35 bits per heavy atom. The Bertz CT molecular complexity index is 550. The molecule has 0 aliphatic carbocycles. The molecule has 0 saturated heterocycles. The van der Waals surface area contributed by atoms with E-state index in [9.17, 15) is 0 Å². The van der Waals surface area contributed by atoms with E-state index in [1.54, 1.807) is 7.11 Å². The smallest absolute Gasteiger partial charge is 0.231 e. The highest BCUT2D eigenvalue weighted by atomic mass is 35.5. The number of methoxy groups -OCH3 is 1. The van der Waals surface area contributed by atoms with E-state index >= 15 is 0 Å². The van der Waals surface area contributed by atoms with Crippen LogP contribution >= 0.6 is 11.6 Å². The minimum atomic E-state index is 0.0529. The van der Waals surface area contributed by atoms with Crippen molar-refractivity contribution in [2.45, 2.75) is 6.04 Å². The Balaban J connectivity index is 1.87. The van der Waals surface area contributed by atoms with Gasteiger partial charge in [0, 0.05) is 13.7 Å². The van der Waals surface area contributed by atoms with Gasteiger partial charge in [-0.25, -0.2) is 0 Å². The number of rotatable bonds is 4. The largest absolute Gasteiger partial charge is 0.454 e. The van der Waals surface area contributed by atoms with Crippen LogP contribution in [0.15, 0.2) is 17.1 Å². The predicted molar refractivity (Wildman–Crippen MR) is 75.4 cm³/mol. The fourth-order valence-electron chi connectivity index (χ4n) is 2.45. The van der Waals surface area contributed by atoms with Crippen LogP contribution in [-0.4, -0.2) is 44.5 Å². The van der Waals surface area contributed by atoms with Gasteiger partial charge in [-0.05, 0) is 17.7 Å². The van der Waals surface area contributed by atoms with Crippen molar-refractivity contribution < 1.29 is 14.2 Å². The van der Waals surface area contributed by atoms with E-state index in [1.165, 1.54) is 0 Å². The van der Waals surface area contributed by atoms with Gasteiger partial charge in [-0.2, -0.15) is 0 Å².